The van der Waals surface area contributed by atoms with Crippen molar-refractivity contribution in [3.05, 3.63) is 137 Å². The largest absolute Gasteiger partial charge is 0.496 e. The van der Waals surface area contributed by atoms with Crippen LogP contribution in [0.4, 0.5) is 10.8 Å². The molecule has 0 aliphatic heterocycles. The smallest absolute Gasteiger partial charge is 0.272 e. The highest BCUT2D eigenvalue weighted by molar-refractivity contribution is 8.00. The minimum Gasteiger partial charge on any atom is -0.496 e. The van der Waals surface area contributed by atoms with Gasteiger partial charge in [0.25, 0.3) is 11.8 Å². The summed E-state index contributed by atoms with van der Waals surface area (Å²) in [7, 11) is 1.54. The third-order valence-corrected chi connectivity index (χ3v) is 8.41. The highest BCUT2D eigenvalue weighted by Gasteiger charge is 2.24. The number of aryl methyl sites for hydroxylation is 1. The van der Waals surface area contributed by atoms with E-state index in [9.17, 15) is 14.4 Å². The molecular formula is C34H29N5O4S2. The second-order valence-electron chi connectivity index (χ2n) is 9.63. The number of hydrogen-bond donors (Lipinski definition) is 3. The number of para-hydroxylation sites is 1. The molecule has 9 nitrogen and oxygen atoms in total. The Morgan fingerprint density at radius 3 is 2.27 bits per heavy atom. The first-order chi connectivity index (χ1) is 21.9. The first kappa shape index (κ1) is 31.2. The quantitative estimate of drug-likeness (QED) is 0.109. The number of aromatic nitrogens is 2. The molecule has 4 aromatic carbocycles. The first-order valence-corrected chi connectivity index (χ1v) is 15.5. The van der Waals surface area contributed by atoms with Gasteiger partial charge in [-0.3, -0.25) is 19.7 Å². The van der Waals surface area contributed by atoms with Crippen LogP contribution in [0.15, 0.2) is 120 Å². The summed E-state index contributed by atoms with van der Waals surface area (Å²) in [5.74, 6) is -0.665. The van der Waals surface area contributed by atoms with Crippen molar-refractivity contribution in [1.29, 1.82) is 0 Å². The Hall–Kier alpha value is -5.26. The highest BCUT2D eigenvalue weighted by atomic mass is 32.2. The Balaban J connectivity index is 1.39. The van der Waals surface area contributed by atoms with Crippen LogP contribution in [0.25, 0.3) is 6.08 Å². The predicted molar refractivity (Wildman–Crippen MR) is 178 cm³/mol. The molecule has 1 heterocycles. The highest BCUT2D eigenvalue weighted by Crippen LogP contribution is 2.37. The third kappa shape index (κ3) is 8.43. The number of carbonyl (C=O) groups is 3. The number of hydrogen-bond acceptors (Lipinski definition) is 8. The molecule has 45 heavy (non-hydrogen) atoms. The van der Waals surface area contributed by atoms with Crippen molar-refractivity contribution in [1.82, 2.24) is 15.5 Å². The van der Waals surface area contributed by atoms with E-state index in [1.807, 2.05) is 61.5 Å². The van der Waals surface area contributed by atoms with Crippen LogP contribution in [-0.2, 0) is 9.59 Å². The second-order valence-corrected chi connectivity index (χ2v) is 12.0. The zero-order valence-electron chi connectivity index (χ0n) is 24.4. The van der Waals surface area contributed by atoms with E-state index in [0.717, 1.165) is 15.5 Å². The van der Waals surface area contributed by atoms with Crippen LogP contribution < -0.4 is 20.7 Å². The summed E-state index contributed by atoms with van der Waals surface area (Å²) in [5, 5.41) is 17.1. The summed E-state index contributed by atoms with van der Waals surface area (Å²) in [6.45, 7) is 1.82. The normalized spacial score (nSPS) is 11.7. The average Bonchev–Trinajstić information content (AvgIpc) is 3.48. The Bertz CT molecular complexity index is 1830. The number of anilines is 2. The summed E-state index contributed by atoms with van der Waals surface area (Å²) in [5.41, 5.74) is 2.34. The Labute approximate surface area is 268 Å². The van der Waals surface area contributed by atoms with Crippen LogP contribution >= 0.6 is 23.1 Å². The van der Waals surface area contributed by atoms with Gasteiger partial charge < -0.3 is 15.4 Å². The molecule has 1 aromatic heterocycles. The Morgan fingerprint density at radius 2 is 1.56 bits per heavy atom. The number of methoxy groups -OCH3 is 1. The van der Waals surface area contributed by atoms with Gasteiger partial charge in [0.15, 0.2) is 0 Å². The third-order valence-electron chi connectivity index (χ3n) is 6.41. The fourth-order valence-electron chi connectivity index (χ4n) is 4.28. The summed E-state index contributed by atoms with van der Waals surface area (Å²) >= 11 is 2.63. The topological polar surface area (TPSA) is 122 Å². The van der Waals surface area contributed by atoms with Gasteiger partial charge in [0, 0.05) is 21.7 Å². The van der Waals surface area contributed by atoms with Crippen molar-refractivity contribution >= 4 is 57.7 Å². The van der Waals surface area contributed by atoms with E-state index < -0.39 is 17.1 Å². The molecule has 0 saturated heterocycles. The molecule has 0 radical (unpaired) electrons. The van der Waals surface area contributed by atoms with Gasteiger partial charge in [0.2, 0.25) is 11.0 Å². The molecule has 1 unspecified atom stereocenters. The maximum absolute atomic E-state index is 13.6. The van der Waals surface area contributed by atoms with Crippen molar-refractivity contribution in [2.45, 2.75) is 17.1 Å². The summed E-state index contributed by atoms with van der Waals surface area (Å²) < 4.78 is 5.45. The Morgan fingerprint density at radius 1 is 0.844 bits per heavy atom. The molecule has 5 rings (SSSR count). The minimum atomic E-state index is -0.604. The molecule has 0 fully saturated rings. The number of amides is 3. The predicted octanol–water partition coefficient (Wildman–Crippen LogP) is 6.74. The second kappa shape index (κ2) is 15.0. The lowest BCUT2D eigenvalue weighted by atomic mass is 10.1. The standard InChI is InChI=1S/C34H29N5O4S2/c1-22-38-39-34(44-22)37-33(42)30(23-12-5-3-6-13-23)45-27-18-11-17-26(21-27)35-32(41)28(20-25-16-9-10-19-29(25)43-2)36-31(40)24-14-7-4-8-15-24/h3-21,30H,1-2H3,(H,35,41)(H,36,40)(H,37,39,42)/b28-20+. The van der Waals surface area contributed by atoms with Crippen LogP contribution in [0.3, 0.4) is 0 Å². The number of nitrogens with zero attached hydrogens (tertiary/aromatic N) is 2. The molecule has 0 aliphatic carbocycles. The summed E-state index contributed by atoms with van der Waals surface area (Å²) in [6.07, 6.45) is 1.57. The van der Waals surface area contributed by atoms with E-state index in [4.69, 9.17) is 4.74 Å². The van der Waals surface area contributed by atoms with E-state index in [-0.39, 0.29) is 11.6 Å². The van der Waals surface area contributed by atoms with Crippen molar-refractivity contribution in [2.24, 2.45) is 0 Å². The number of benzene rings is 4. The van der Waals surface area contributed by atoms with Crippen molar-refractivity contribution in [2.75, 3.05) is 17.7 Å². The molecular weight excluding hydrogens is 607 g/mol. The molecule has 0 aliphatic rings. The SMILES string of the molecule is COc1ccccc1/C=C(/NC(=O)c1ccccc1)C(=O)Nc1cccc(SC(C(=O)Nc2nnc(C)s2)c2ccccc2)c1. The molecule has 5 aromatic rings. The number of nitrogens with one attached hydrogen (secondary N) is 3. The van der Waals surface area contributed by atoms with Gasteiger partial charge in [-0.05, 0) is 55.0 Å². The number of thioether (sulfide) groups is 1. The van der Waals surface area contributed by atoms with Gasteiger partial charge in [0.05, 0.1) is 7.11 Å². The monoisotopic (exact) mass is 635 g/mol. The fourth-order valence-corrected chi connectivity index (χ4v) is 5.96. The van der Waals surface area contributed by atoms with Gasteiger partial charge >= 0.3 is 0 Å². The maximum Gasteiger partial charge on any atom is 0.272 e. The van der Waals surface area contributed by atoms with Crippen molar-refractivity contribution < 1.29 is 19.1 Å². The average molecular weight is 636 g/mol. The Kier molecular flexibility index (Phi) is 10.4. The molecule has 3 N–H and O–H groups in total. The van der Waals surface area contributed by atoms with E-state index in [2.05, 4.69) is 26.1 Å². The fraction of sp³-hybridized carbons (Fsp3) is 0.0882. The minimum absolute atomic E-state index is 0.0281. The first-order valence-electron chi connectivity index (χ1n) is 13.8. The number of rotatable bonds is 11. The molecule has 11 heteroatoms. The van der Waals surface area contributed by atoms with Gasteiger partial charge in [-0.25, -0.2) is 0 Å². The van der Waals surface area contributed by atoms with Gasteiger partial charge in [-0.2, -0.15) is 0 Å². The number of carbonyl (C=O) groups excluding carboxylic acids is 3. The summed E-state index contributed by atoms with van der Waals surface area (Å²) in [6, 6.07) is 32.4. The molecule has 3 amide bonds. The van der Waals surface area contributed by atoms with Gasteiger partial charge in [-0.1, -0.05) is 84.1 Å². The van der Waals surface area contributed by atoms with Crippen LogP contribution in [0, 0.1) is 6.92 Å². The van der Waals surface area contributed by atoms with E-state index in [0.29, 0.717) is 27.7 Å². The van der Waals surface area contributed by atoms with Gasteiger partial charge in [-0.15, -0.1) is 22.0 Å². The lowest BCUT2D eigenvalue weighted by molar-refractivity contribution is -0.116. The summed E-state index contributed by atoms with van der Waals surface area (Å²) in [4.78, 5) is 40.8. The zero-order valence-corrected chi connectivity index (χ0v) is 26.0. The van der Waals surface area contributed by atoms with E-state index >= 15 is 0 Å². The van der Waals surface area contributed by atoms with Crippen LogP contribution in [0.5, 0.6) is 5.75 Å². The molecule has 1 atom stereocenters. The van der Waals surface area contributed by atoms with Crippen molar-refractivity contribution in [3.8, 4) is 5.75 Å². The van der Waals surface area contributed by atoms with Crippen LogP contribution in [-0.4, -0.2) is 35.0 Å². The maximum atomic E-state index is 13.6. The molecule has 226 valence electrons. The zero-order chi connectivity index (χ0) is 31.6. The van der Waals surface area contributed by atoms with E-state index in [1.54, 1.807) is 60.7 Å². The molecule has 0 spiro atoms. The number of ether oxygens (including phenoxy) is 1. The van der Waals surface area contributed by atoms with Crippen LogP contribution in [0.1, 0.15) is 31.7 Å². The lowest BCUT2D eigenvalue weighted by Crippen LogP contribution is -2.30. The van der Waals surface area contributed by atoms with E-state index in [1.165, 1.54) is 30.2 Å². The van der Waals surface area contributed by atoms with Gasteiger partial charge in [0.1, 0.15) is 21.7 Å². The molecule has 0 saturated carbocycles. The lowest BCUT2D eigenvalue weighted by Gasteiger charge is -2.17. The van der Waals surface area contributed by atoms with Crippen LogP contribution in [0.2, 0.25) is 0 Å². The van der Waals surface area contributed by atoms with Crippen molar-refractivity contribution in [3.63, 3.8) is 0 Å². The molecule has 0 bridgehead atoms.